The molecule has 1 rings (SSSR count). The van der Waals surface area contributed by atoms with Crippen LogP contribution >= 0.6 is 0 Å². The normalized spacial score (nSPS) is 13.0. The van der Waals surface area contributed by atoms with Gasteiger partial charge in [-0.1, -0.05) is 0 Å². The quantitative estimate of drug-likeness (QED) is 0.424. The molecule has 1 aromatic rings. The molecule has 0 saturated carbocycles. The minimum Gasteiger partial charge on any atom is -0.463 e. The van der Waals surface area contributed by atoms with Crippen LogP contribution in [0.15, 0.2) is 4.99 Å². The number of rotatable bonds is 8. The second-order valence-electron chi connectivity index (χ2n) is 6.57. The molecule has 0 spiro atoms. The van der Waals surface area contributed by atoms with Gasteiger partial charge in [-0.2, -0.15) is 5.10 Å². The summed E-state index contributed by atoms with van der Waals surface area (Å²) in [5.41, 5.74) is 3.51. The number of hydrogen-bond acceptors (Lipinski definition) is 4. The zero-order valence-corrected chi connectivity index (χ0v) is 16.6. The SMILES string of the molecule is CCNC(=NCCC(=O)OC(C)C)NC(C)Cc1c(C)nn(C)c1C. The predicted molar refractivity (Wildman–Crippen MR) is 101 cm³/mol. The van der Waals surface area contributed by atoms with Crippen LogP contribution in [0.5, 0.6) is 0 Å². The number of carbonyl (C=O) groups is 1. The molecule has 1 atom stereocenters. The van der Waals surface area contributed by atoms with E-state index in [0.717, 1.165) is 18.7 Å². The van der Waals surface area contributed by atoms with Gasteiger partial charge in [0.25, 0.3) is 0 Å². The molecule has 0 bridgehead atoms. The minimum absolute atomic E-state index is 0.0891. The average molecular weight is 351 g/mol. The molecule has 0 aliphatic rings. The van der Waals surface area contributed by atoms with Crippen molar-refractivity contribution < 1.29 is 9.53 Å². The van der Waals surface area contributed by atoms with Crippen LogP contribution in [0, 0.1) is 13.8 Å². The first-order valence-corrected chi connectivity index (χ1v) is 8.97. The van der Waals surface area contributed by atoms with Crippen molar-refractivity contribution in [1.29, 1.82) is 0 Å². The van der Waals surface area contributed by atoms with Crippen LogP contribution in [0.1, 0.15) is 51.1 Å². The van der Waals surface area contributed by atoms with Gasteiger partial charge in [0, 0.05) is 25.3 Å². The summed E-state index contributed by atoms with van der Waals surface area (Å²) in [6, 6.07) is 0.196. The highest BCUT2D eigenvalue weighted by atomic mass is 16.5. The number of aliphatic imine (C=N–C) groups is 1. The van der Waals surface area contributed by atoms with Crippen LogP contribution < -0.4 is 10.6 Å². The lowest BCUT2D eigenvalue weighted by Crippen LogP contribution is -2.43. The Hall–Kier alpha value is -2.05. The Balaban J connectivity index is 2.60. The van der Waals surface area contributed by atoms with Gasteiger partial charge in [0.05, 0.1) is 24.8 Å². The van der Waals surface area contributed by atoms with Crippen molar-refractivity contribution in [3.05, 3.63) is 17.0 Å². The van der Waals surface area contributed by atoms with Crippen LogP contribution in [0.25, 0.3) is 0 Å². The lowest BCUT2D eigenvalue weighted by molar-refractivity contribution is -0.147. The van der Waals surface area contributed by atoms with Gasteiger partial charge < -0.3 is 15.4 Å². The monoisotopic (exact) mass is 351 g/mol. The summed E-state index contributed by atoms with van der Waals surface area (Å²) in [6.45, 7) is 13.1. The summed E-state index contributed by atoms with van der Waals surface area (Å²) in [5, 5.41) is 11.1. The summed E-state index contributed by atoms with van der Waals surface area (Å²) < 4.78 is 7.04. The second-order valence-corrected chi connectivity index (χ2v) is 6.57. The largest absolute Gasteiger partial charge is 0.463 e. The molecule has 1 aromatic heterocycles. The zero-order chi connectivity index (χ0) is 19.0. The molecule has 142 valence electrons. The number of carbonyl (C=O) groups excluding carboxylic acids is 1. The number of aryl methyl sites for hydroxylation is 2. The number of aromatic nitrogens is 2. The first-order valence-electron chi connectivity index (χ1n) is 8.97. The number of nitrogens with one attached hydrogen (secondary N) is 2. The molecule has 25 heavy (non-hydrogen) atoms. The molecule has 7 nitrogen and oxygen atoms in total. The highest BCUT2D eigenvalue weighted by Gasteiger charge is 2.14. The van der Waals surface area contributed by atoms with Crippen LogP contribution in [0.4, 0.5) is 0 Å². The van der Waals surface area contributed by atoms with E-state index in [0.29, 0.717) is 12.5 Å². The Morgan fingerprint density at radius 2 is 2.00 bits per heavy atom. The van der Waals surface area contributed by atoms with Gasteiger partial charge in [-0.25, -0.2) is 0 Å². The fraction of sp³-hybridized carbons (Fsp3) is 0.722. The summed E-state index contributed by atoms with van der Waals surface area (Å²) in [6.07, 6.45) is 1.06. The van der Waals surface area contributed by atoms with Crippen molar-refractivity contribution in [3.8, 4) is 0 Å². The Morgan fingerprint density at radius 3 is 2.52 bits per heavy atom. The maximum Gasteiger partial charge on any atom is 0.307 e. The average Bonchev–Trinajstić information content (AvgIpc) is 2.73. The minimum atomic E-state index is -0.218. The van der Waals surface area contributed by atoms with E-state index >= 15 is 0 Å². The third-order valence-corrected chi connectivity index (χ3v) is 3.85. The van der Waals surface area contributed by atoms with Gasteiger partial charge >= 0.3 is 5.97 Å². The van der Waals surface area contributed by atoms with E-state index in [4.69, 9.17) is 4.74 Å². The molecule has 0 aliphatic heterocycles. The highest BCUT2D eigenvalue weighted by molar-refractivity contribution is 5.80. The third kappa shape index (κ3) is 7.15. The van der Waals surface area contributed by atoms with Gasteiger partial charge in [-0.15, -0.1) is 0 Å². The zero-order valence-electron chi connectivity index (χ0n) is 16.6. The fourth-order valence-electron chi connectivity index (χ4n) is 2.60. The third-order valence-electron chi connectivity index (χ3n) is 3.85. The molecule has 0 aromatic carbocycles. The molecule has 0 amide bonds. The molecule has 0 aliphatic carbocycles. The number of esters is 1. The Kier molecular flexibility index (Phi) is 8.45. The topological polar surface area (TPSA) is 80.5 Å². The highest BCUT2D eigenvalue weighted by Crippen LogP contribution is 2.14. The fourth-order valence-corrected chi connectivity index (χ4v) is 2.60. The van der Waals surface area contributed by atoms with Crippen molar-refractivity contribution in [1.82, 2.24) is 20.4 Å². The van der Waals surface area contributed by atoms with Crippen molar-refractivity contribution in [2.45, 2.75) is 66.5 Å². The lowest BCUT2D eigenvalue weighted by Gasteiger charge is -2.18. The molecule has 1 heterocycles. The van der Waals surface area contributed by atoms with Crippen LogP contribution in [0.2, 0.25) is 0 Å². The van der Waals surface area contributed by atoms with Gasteiger partial charge in [-0.3, -0.25) is 14.5 Å². The number of nitrogens with zero attached hydrogens (tertiary/aromatic N) is 3. The smallest absolute Gasteiger partial charge is 0.307 e. The Bertz CT molecular complexity index is 593. The van der Waals surface area contributed by atoms with E-state index in [2.05, 4.69) is 34.6 Å². The summed E-state index contributed by atoms with van der Waals surface area (Å²) in [7, 11) is 1.96. The first kappa shape index (κ1) is 21.0. The van der Waals surface area contributed by atoms with Gasteiger partial charge in [0.2, 0.25) is 0 Å². The van der Waals surface area contributed by atoms with E-state index in [-0.39, 0.29) is 24.5 Å². The number of guanidine groups is 1. The summed E-state index contributed by atoms with van der Waals surface area (Å²) in [4.78, 5) is 16.1. The molecule has 7 heteroatoms. The van der Waals surface area contributed by atoms with Crippen LogP contribution in [0.3, 0.4) is 0 Å². The predicted octanol–water partition coefficient (Wildman–Crippen LogP) is 1.86. The molecular weight excluding hydrogens is 318 g/mol. The molecule has 1 unspecified atom stereocenters. The molecule has 0 saturated heterocycles. The molecule has 2 N–H and O–H groups in total. The lowest BCUT2D eigenvalue weighted by atomic mass is 10.1. The summed E-state index contributed by atoms with van der Waals surface area (Å²) >= 11 is 0. The second kappa shape index (κ2) is 10.1. The maximum absolute atomic E-state index is 11.6. The van der Waals surface area contributed by atoms with Crippen molar-refractivity contribution in [2.24, 2.45) is 12.0 Å². The number of hydrogen-bond donors (Lipinski definition) is 2. The maximum atomic E-state index is 11.6. The van der Waals surface area contributed by atoms with E-state index in [1.54, 1.807) is 0 Å². The Labute approximate surface area is 151 Å². The standard InChI is InChI=1S/C18H33N5O2/c1-8-19-18(20-10-9-17(24)25-12(2)3)21-13(4)11-16-14(5)22-23(7)15(16)6/h12-13H,8-11H2,1-7H3,(H2,19,20,21). The van der Waals surface area contributed by atoms with E-state index in [9.17, 15) is 4.79 Å². The Morgan fingerprint density at radius 1 is 1.32 bits per heavy atom. The van der Waals surface area contributed by atoms with Crippen LogP contribution in [-0.2, 0) is 23.0 Å². The molecule has 0 fully saturated rings. The summed E-state index contributed by atoms with van der Waals surface area (Å²) in [5.74, 6) is 0.496. The van der Waals surface area contributed by atoms with E-state index in [1.807, 2.05) is 39.4 Å². The van der Waals surface area contributed by atoms with Gasteiger partial charge in [0.15, 0.2) is 5.96 Å². The van der Waals surface area contributed by atoms with Gasteiger partial charge in [0.1, 0.15) is 0 Å². The van der Waals surface area contributed by atoms with E-state index < -0.39 is 0 Å². The molecular formula is C18H33N5O2. The van der Waals surface area contributed by atoms with Crippen molar-refractivity contribution >= 4 is 11.9 Å². The van der Waals surface area contributed by atoms with E-state index in [1.165, 1.54) is 11.3 Å². The first-order chi connectivity index (χ1) is 11.7. The molecule has 0 radical (unpaired) electrons. The van der Waals surface area contributed by atoms with Crippen molar-refractivity contribution in [3.63, 3.8) is 0 Å². The van der Waals surface area contributed by atoms with Crippen molar-refractivity contribution in [2.75, 3.05) is 13.1 Å². The van der Waals surface area contributed by atoms with Gasteiger partial charge in [-0.05, 0) is 53.5 Å². The number of ether oxygens (including phenoxy) is 1. The van der Waals surface area contributed by atoms with Crippen LogP contribution in [-0.4, -0.2) is 46.9 Å².